The van der Waals surface area contributed by atoms with Crippen LogP contribution >= 0.6 is 0 Å². The van der Waals surface area contributed by atoms with Crippen molar-refractivity contribution in [2.45, 2.75) is 19.4 Å². The number of pyridine rings is 1. The van der Waals surface area contributed by atoms with Crippen molar-refractivity contribution in [3.05, 3.63) is 24.0 Å². The predicted octanol–water partition coefficient (Wildman–Crippen LogP) is 0.0692. The summed E-state index contributed by atoms with van der Waals surface area (Å²) in [5.74, 6) is 0. The van der Waals surface area contributed by atoms with Gasteiger partial charge >= 0.3 is 0 Å². The summed E-state index contributed by atoms with van der Waals surface area (Å²) in [4.78, 5) is 3.95. The Kier molecular flexibility index (Phi) is 2.00. The van der Waals surface area contributed by atoms with Crippen LogP contribution < -0.4 is 11.2 Å². The van der Waals surface area contributed by atoms with Crippen molar-refractivity contribution in [3.8, 4) is 0 Å². The minimum atomic E-state index is -0.359. The SMILES string of the molecule is [B]c1cncc(C(C)(C)N)c1. The minimum Gasteiger partial charge on any atom is -0.322 e. The second-order valence-corrected chi connectivity index (χ2v) is 3.23. The molecule has 11 heavy (non-hydrogen) atoms. The van der Waals surface area contributed by atoms with Gasteiger partial charge in [0.15, 0.2) is 0 Å². The average molecular weight is 146 g/mol. The molecule has 0 saturated carbocycles. The van der Waals surface area contributed by atoms with E-state index in [9.17, 15) is 0 Å². The quantitative estimate of drug-likeness (QED) is 0.569. The van der Waals surface area contributed by atoms with Crippen molar-refractivity contribution < 1.29 is 0 Å². The molecule has 1 aromatic heterocycles. The summed E-state index contributed by atoms with van der Waals surface area (Å²) in [6, 6.07) is 1.84. The van der Waals surface area contributed by atoms with Crippen molar-refractivity contribution in [2.24, 2.45) is 5.73 Å². The third-order valence-electron chi connectivity index (χ3n) is 1.50. The number of hydrogen-bond donors (Lipinski definition) is 1. The molecule has 0 saturated heterocycles. The van der Waals surface area contributed by atoms with Gasteiger partial charge in [0.2, 0.25) is 0 Å². The topological polar surface area (TPSA) is 38.9 Å². The highest BCUT2D eigenvalue weighted by Crippen LogP contribution is 2.12. The fourth-order valence-electron chi connectivity index (χ4n) is 0.810. The Morgan fingerprint density at radius 1 is 1.45 bits per heavy atom. The van der Waals surface area contributed by atoms with Crippen LogP contribution in [0, 0.1) is 0 Å². The number of aromatic nitrogens is 1. The van der Waals surface area contributed by atoms with Crippen molar-refractivity contribution in [2.75, 3.05) is 0 Å². The third kappa shape index (κ3) is 2.05. The Morgan fingerprint density at radius 3 is 2.45 bits per heavy atom. The minimum absolute atomic E-state index is 0.359. The molecule has 0 fully saturated rings. The van der Waals surface area contributed by atoms with Crippen LogP contribution in [0.15, 0.2) is 18.5 Å². The number of nitrogens with two attached hydrogens (primary N) is 1. The van der Waals surface area contributed by atoms with E-state index in [1.54, 1.807) is 12.4 Å². The normalized spacial score (nSPS) is 11.5. The Balaban J connectivity index is 3.06. The highest BCUT2D eigenvalue weighted by Gasteiger charge is 2.13. The van der Waals surface area contributed by atoms with Crippen LogP contribution in [0.25, 0.3) is 0 Å². The molecule has 2 N–H and O–H groups in total. The first kappa shape index (κ1) is 8.27. The first-order chi connectivity index (χ1) is 5.00. The van der Waals surface area contributed by atoms with Crippen molar-refractivity contribution >= 4 is 13.3 Å². The number of rotatable bonds is 1. The summed E-state index contributed by atoms with van der Waals surface area (Å²) in [7, 11) is 5.54. The Labute approximate surface area is 68.2 Å². The molecule has 3 heteroatoms. The van der Waals surface area contributed by atoms with Gasteiger partial charge in [-0.1, -0.05) is 11.5 Å². The maximum Gasteiger partial charge on any atom is 0.115 e. The van der Waals surface area contributed by atoms with Gasteiger partial charge in [0.1, 0.15) is 7.85 Å². The van der Waals surface area contributed by atoms with Crippen LogP contribution in [0.5, 0.6) is 0 Å². The van der Waals surface area contributed by atoms with E-state index in [2.05, 4.69) is 4.98 Å². The molecule has 0 bridgehead atoms. The van der Waals surface area contributed by atoms with Crippen molar-refractivity contribution in [1.29, 1.82) is 0 Å². The lowest BCUT2D eigenvalue weighted by Crippen LogP contribution is -2.30. The molecule has 1 rings (SSSR count). The molecule has 1 aromatic rings. The summed E-state index contributed by atoms with van der Waals surface area (Å²) in [6.07, 6.45) is 3.34. The smallest absolute Gasteiger partial charge is 0.115 e. The molecular formula is C8H11BN2. The second kappa shape index (κ2) is 2.66. The van der Waals surface area contributed by atoms with Crippen molar-refractivity contribution in [1.82, 2.24) is 4.98 Å². The highest BCUT2D eigenvalue weighted by molar-refractivity contribution is 6.32. The van der Waals surface area contributed by atoms with E-state index < -0.39 is 0 Å². The van der Waals surface area contributed by atoms with Gasteiger partial charge in [0.05, 0.1) is 0 Å². The number of nitrogens with zero attached hydrogens (tertiary/aromatic N) is 1. The molecule has 0 atom stereocenters. The summed E-state index contributed by atoms with van der Waals surface area (Å²) in [6.45, 7) is 3.84. The van der Waals surface area contributed by atoms with Gasteiger partial charge in [0.25, 0.3) is 0 Å². The van der Waals surface area contributed by atoms with Gasteiger partial charge in [-0.05, 0) is 19.4 Å². The van der Waals surface area contributed by atoms with E-state index in [1.165, 1.54) is 0 Å². The standard InChI is InChI=1S/C8H11BN2/c1-8(2,10)6-3-7(9)5-11-4-6/h3-5H,10H2,1-2H3. The first-order valence-corrected chi connectivity index (χ1v) is 3.50. The fourth-order valence-corrected chi connectivity index (χ4v) is 0.810. The molecule has 2 nitrogen and oxygen atoms in total. The largest absolute Gasteiger partial charge is 0.322 e. The van der Waals surface area contributed by atoms with Gasteiger partial charge < -0.3 is 5.73 Å². The lowest BCUT2D eigenvalue weighted by atomic mass is 9.91. The maximum absolute atomic E-state index is 5.83. The zero-order valence-corrected chi connectivity index (χ0v) is 6.83. The molecule has 56 valence electrons. The third-order valence-corrected chi connectivity index (χ3v) is 1.50. The van der Waals surface area contributed by atoms with E-state index in [0.29, 0.717) is 5.46 Å². The van der Waals surface area contributed by atoms with Crippen LogP contribution in [0.2, 0.25) is 0 Å². The predicted molar refractivity (Wildman–Crippen MR) is 46.8 cm³/mol. The fraction of sp³-hybridized carbons (Fsp3) is 0.375. The molecule has 0 aliphatic rings. The summed E-state index contributed by atoms with van der Waals surface area (Å²) < 4.78 is 0. The first-order valence-electron chi connectivity index (χ1n) is 3.50. The number of hydrogen-bond acceptors (Lipinski definition) is 2. The average Bonchev–Trinajstić information content (AvgIpc) is 1.86. The van der Waals surface area contributed by atoms with Gasteiger partial charge in [-0.25, -0.2) is 0 Å². The van der Waals surface area contributed by atoms with Gasteiger partial charge in [0, 0.05) is 17.9 Å². The van der Waals surface area contributed by atoms with Gasteiger partial charge in [-0.3, -0.25) is 4.98 Å². The van der Waals surface area contributed by atoms with Crippen LogP contribution in [-0.2, 0) is 5.54 Å². The van der Waals surface area contributed by atoms with Crippen LogP contribution in [0.1, 0.15) is 19.4 Å². The molecule has 0 unspecified atom stereocenters. The zero-order valence-electron chi connectivity index (χ0n) is 6.83. The summed E-state index contributed by atoms with van der Waals surface area (Å²) in [5.41, 5.74) is 7.08. The Bertz CT molecular complexity index is 253. The lowest BCUT2D eigenvalue weighted by Gasteiger charge is -2.18. The molecule has 1 heterocycles. The van der Waals surface area contributed by atoms with E-state index >= 15 is 0 Å². The van der Waals surface area contributed by atoms with E-state index in [1.807, 2.05) is 19.9 Å². The molecule has 0 aromatic carbocycles. The summed E-state index contributed by atoms with van der Waals surface area (Å²) >= 11 is 0. The molecule has 0 spiro atoms. The Morgan fingerprint density at radius 2 is 2.09 bits per heavy atom. The molecule has 0 amide bonds. The molecular weight excluding hydrogens is 135 g/mol. The van der Waals surface area contributed by atoms with Gasteiger partial charge in [-0.2, -0.15) is 0 Å². The van der Waals surface area contributed by atoms with Gasteiger partial charge in [-0.15, -0.1) is 0 Å². The monoisotopic (exact) mass is 146 g/mol. The summed E-state index contributed by atoms with van der Waals surface area (Å²) in [5, 5.41) is 0. The maximum atomic E-state index is 5.83. The van der Waals surface area contributed by atoms with E-state index in [0.717, 1.165) is 5.56 Å². The lowest BCUT2D eigenvalue weighted by molar-refractivity contribution is 0.552. The Hall–Kier alpha value is -0.825. The van der Waals surface area contributed by atoms with E-state index in [4.69, 9.17) is 13.6 Å². The second-order valence-electron chi connectivity index (χ2n) is 3.23. The molecule has 0 aliphatic carbocycles. The van der Waals surface area contributed by atoms with Crippen molar-refractivity contribution in [3.63, 3.8) is 0 Å². The molecule has 2 radical (unpaired) electrons. The van der Waals surface area contributed by atoms with E-state index in [-0.39, 0.29) is 5.54 Å². The van der Waals surface area contributed by atoms with Crippen LogP contribution in [-0.4, -0.2) is 12.8 Å². The highest BCUT2D eigenvalue weighted by atomic mass is 14.7. The zero-order chi connectivity index (χ0) is 8.48. The van der Waals surface area contributed by atoms with Crippen LogP contribution in [0.4, 0.5) is 0 Å². The van der Waals surface area contributed by atoms with Crippen LogP contribution in [0.3, 0.4) is 0 Å². The molecule has 0 aliphatic heterocycles.